The van der Waals surface area contributed by atoms with Gasteiger partial charge in [-0.2, -0.15) is 0 Å². The summed E-state index contributed by atoms with van der Waals surface area (Å²) in [5, 5.41) is 37.2. The number of H-pyrrole nitrogens is 1. The number of hydrogen-bond donors (Lipinski definition) is 6. The molecule has 2 unspecified atom stereocenters. The van der Waals surface area contributed by atoms with Crippen LogP contribution in [0.2, 0.25) is 0 Å². The second kappa shape index (κ2) is 18.2. The van der Waals surface area contributed by atoms with E-state index in [9.17, 15) is 34.5 Å². The topological polar surface area (TPSA) is 185 Å². The molecule has 1 fully saturated rings. The maximum absolute atomic E-state index is 13.9. The number of aromatic nitrogens is 1. The SMILES string of the molecule is CC(=O)NCCCC[C@@H](C(=O)O)N(c1c[nH]c2cccc(OCC(O)CNC(C)(C)C)c12)C(C)C(=O)N1CCC[C@H]1C(=O)O.Cl.Cl. The Hall–Kier alpha value is -3.26. The normalized spacial score (nSPS) is 16.5. The fourth-order valence-corrected chi connectivity index (χ4v) is 5.53. The summed E-state index contributed by atoms with van der Waals surface area (Å²) in [6, 6.07) is 2.15. The van der Waals surface area contributed by atoms with Gasteiger partial charge in [-0.05, 0) is 71.9 Å². The van der Waals surface area contributed by atoms with Crippen molar-refractivity contribution in [3.63, 3.8) is 0 Å². The first-order valence-electron chi connectivity index (χ1n) is 15.2. The first kappa shape index (κ1) is 40.8. The van der Waals surface area contributed by atoms with Gasteiger partial charge in [-0.25, -0.2) is 9.59 Å². The number of nitrogens with one attached hydrogen (secondary N) is 3. The molecule has 260 valence electrons. The van der Waals surface area contributed by atoms with Gasteiger partial charge in [0, 0.05) is 38.3 Å². The number of carboxylic acid groups (broad SMARTS) is 2. The van der Waals surface area contributed by atoms with E-state index in [1.54, 1.807) is 31.3 Å². The van der Waals surface area contributed by atoms with E-state index in [0.717, 1.165) is 0 Å². The number of rotatable bonds is 16. The number of unbranched alkanes of at least 4 members (excludes halogenated alkanes) is 1. The number of anilines is 1. The molecule has 15 heteroatoms. The molecular weight excluding hydrogens is 641 g/mol. The molecule has 2 amide bonds. The fraction of sp³-hybridized carbons (Fsp3) is 0.613. The number of ether oxygens (including phenoxy) is 1. The lowest BCUT2D eigenvalue weighted by Gasteiger charge is -2.37. The summed E-state index contributed by atoms with van der Waals surface area (Å²) in [7, 11) is 0. The number of carbonyl (C=O) groups is 4. The molecule has 1 aliphatic heterocycles. The van der Waals surface area contributed by atoms with Crippen molar-refractivity contribution in [1.82, 2.24) is 20.5 Å². The van der Waals surface area contributed by atoms with Crippen molar-refractivity contribution in [2.45, 2.75) is 96.5 Å². The molecule has 1 aromatic carbocycles. The van der Waals surface area contributed by atoms with Crippen molar-refractivity contribution in [3.8, 4) is 5.75 Å². The molecule has 1 aromatic heterocycles. The van der Waals surface area contributed by atoms with Crippen LogP contribution in [0.5, 0.6) is 5.75 Å². The molecule has 0 spiro atoms. The van der Waals surface area contributed by atoms with Crippen LogP contribution in [-0.4, -0.2) is 105 Å². The molecule has 46 heavy (non-hydrogen) atoms. The number of halogens is 2. The van der Waals surface area contributed by atoms with Crippen LogP contribution in [0.4, 0.5) is 5.69 Å². The minimum Gasteiger partial charge on any atom is -0.490 e. The fourth-order valence-electron chi connectivity index (χ4n) is 5.53. The molecular formula is C31H49Cl2N5O8. The molecule has 13 nitrogen and oxygen atoms in total. The number of hydrogen-bond acceptors (Lipinski definition) is 8. The van der Waals surface area contributed by atoms with Crippen molar-refractivity contribution in [1.29, 1.82) is 0 Å². The number of β-amino-alcohol motifs (C(OH)–C–C–N with tert-alkyl or cyclic N) is 1. The smallest absolute Gasteiger partial charge is 0.326 e. The Kier molecular flexibility index (Phi) is 16.1. The first-order chi connectivity index (χ1) is 20.7. The summed E-state index contributed by atoms with van der Waals surface area (Å²) < 4.78 is 6.06. The van der Waals surface area contributed by atoms with Crippen molar-refractivity contribution in [3.05, 3.63) is 24.4 Å². The van der Waals surface area contributed by atoms with Crippen LogP contribution in [0.3, 0.4) is 0 Å². The summed E-state index contributed by atoms with van der Waals surface area (Å²) in [5.74, 6) is -2.49. The van der Waals surface area contributed by atoms with Crippen LogP contribution >= 0.6 is 24.8 Å². The van der Waals surface area contributed by atoms with Gasteiger partial charge in [0.15, 0.2) is 0 Å². The average molecular weight is 691 g/mol. The molecule has 3 rings (SSSR count). The van der Waals surface area contributed by atoms with Crippen LogP contribution in [0.1, 0.15) is 66.7 Å². The monoisotopic (exact) mass is 689 g/mol. The van der Waals surface area contributed by atoms with E-state index >= 15 is 0 Å². The lowest BCUT2D eigenvalue weighted by atomic mass is 10.0. The highest BCUT2D eigenvalue weighted by molar-refractivity contribution is 6.01. The molecule has 6 N–H and O–H groups in total. The van der Waals surface area contributed by atoms with E-state index < -0.39 is 42.1 Å². The van der Waals surface area contributed by atoms with E-state index in [1.807, 2.05) is 20.8 Å². The van der Waals surface area contributed by atoms with Gasteiger partial charge in [0.05, 0.1) is 16.6 Å². The number of carboxylic acids is 2. The molecule has 0 aliphatic carbocycles. The highest BCUT2D eigenvalue weighted by atomic mass is 35.5. The van der Waals surface area contributed by atoms with Crippen LogP contribution in [0.25, 0.3) is 10.9 Å². The minimum absolute atomic E-state index is 0. The van der Waals surface area contributed by atoms with Gasteiger partial charge in [-0.15, -0.1) is 24.8 Å². The third-order valence-electron chi connectivity index (χ3n) is 7.72. The van der Waals surface area contributed by atoms with Crippen LogP contribution in [0.15, 0.2) is 24.4 Å². The second-order valence-electron chi connectivity index (χ2n) is 12.4. The minimum atomic E-state index is -1.15. The van der Waals surface area contributed by atoms with Crippen molar-refractivity contribution < 1.29 is 39.2 Å². The van der Waals surface area contributed by atoms with Crippen molar-refractivity contribution in [2.24, 2.45) is 0 Å². The highest BCUT2D eigenvalue weighted by Gasteiger charge is 2.41. The third-order valence-corrected chi connectivity index (χ3v) is 7.72. The number of aliphatic hydroxyl groups excluding tert-OH is 1. The number of benzene rings is 1. The number of amides is 2. The van der Waals surface area contributed by atoms with Crippen LogP contribution in [0, 0.1) is 0 Å². The maximum atomic E-state index is 13.9. The zero-order chi connectivity index (χ0) is 32.6. The van der Waals surface area contributed by atoms with Gasteiger partial charge >= 0.3 is 11.9 Å². The molecule has 0 bridgehead atoms. The molecule has 0 saturated carbocycles. The number of aliphatic carboxylic acids is 2. The van der Waals surface area contributed by atoms with Crippen molar-refractivity contribution in [2.75, 3.05) is 31.1 Å². The van der Waals surface area contributed by atoms with Gasteiger partial charge < -0.3 is 45.5 Å². The molecule has 0 radical (unpaired) electrons. The summed E-state index contributed by atoms with van der Waals surface area (Å²) in [4.78, 5) is 55.9. The number of carbonyl (C=O) groups excluding carboxylic acids is 2. The quantitative estimate of drug-likeness (QED) is 0.143. The van der Waals surface area contributed by atoms with Crippen molar-refractivity contribution >= 4 is 65.2 Å². The van der Waals surface area contributed by atoms with E-state index in [1.165, 1.54) is 16.7 Å². The van der Waals surface area contributed by atoms with Crippen LogP contribution < -0.4 is 20.3 Å². The van der Waals surface area contributed by atoms with Gasteiger partial charge in [-0.1, -0.05) is 6.07 Å². The standard InChI is InChI=1S/C31H47N5O8.2ClH/c1-19(28(39)35-15-9-12-23(35)29(40)41)36(24(30(42)43)11-6-7-14-32-20(2)37)25-17-33-22-10-8-13-26(27(22)25)44-18-21(38)16-34-31(3,4)5;;/h8,10,13,17,19,21,23-24,33-34,38H,6-7,9,11-12,14-16,18H2,1-5H3,(H,32,37)(H,40,41)(H,42,43);2*1H/t19?,21?,23-,24-;;/m0../s1. The Morgan fingerprint density at radius 1 is 1.15 bits per heavy atom. The highest BCUT2D eigenvalue weighted by Crippen LogP contribution is 2.38. The molecule has 2 heterocycles. The summed E-state index contributed by atoms with van der Waals surface area (Å²) in [5.41, 5.74) is 0.865. The predicted molar refractivity (Wildman–Crippen MR) is 180 cm³/mol. The molecule has 1 aliphatic rings. The predicted octanol–water partition coefficient (Wildman–Crippen LogP) is 3.17. The van der Waals surface area contributed by atoms with Gasteiger partial charge in [0.25, 0.3) is 0 Å². The molecule has 1 saturated heterocycles. The number of nitrogens with zero attached hydrogens (tertiary/aromatic N) is 2. The Labute approximate surface area is 282 Å². The molecule has 4 atom stereocenters. The maximum Gasteiger partial charge on any atom is 0.326 e. The van der Waals surface area contributed by atoms with Gasteiger partial charge in [0.1, 0.15) is 36.6 Å². The van der Waals surface area contributed by atoms with Crippen LogP contribution in [-0.2, 0) is 19.2 Å². The average Bonchev–Trinajstić information content (AvgIpc) is 3.61. The van der Waals surface area contributed by atoms with E-state index in [-0.39, 0.29) is 55.8 Å². The van der Waals surface area contributed by atoms with E-state index in [0.29, 0.717) is 61.1 Å². The summed E-state index contributed by atoms with van der Waals surface area (Å²) in [6.07, 6.45) is 2.84. The zero-order valence-corrected chi connectivity index (χ0v) is 28.7. The Balaban J connectivity index is 0.00000529. The number of aliphatic hydroxyl groups is 1. The van der Waals surface area contributed by atoms with E-state index in [4.69, 9.17) is 4.74 Å². The Morgan fingerprint density at radius 3 is 2.46 bits per heavy atom. The largest absolute Gasteiger partial charge is 0.490 e. The molecule has 2 aromatic rings. The summed E-state index contributed by atoms with van der Waals surface area (Å²) in [6.45, 7) is 9.91. The second-order valence-corrected chi connectivity index (χ2v) is 12.4. The third kappa shape index (κ3) is 10.9. The number of likely N-dealkylation sites (tertiary alicyclic amines) is 1. The summed E-state index contributed by atoms with van der Waals surface area (Å²) >= 11 is 0. The van der Waals surface area contributed by atoms with E-state index in [2.05, 4.69) is 15.6 Å². The van der Waals surface area contributed by atoms with Gasteiger partial charge in [-0.3, -0.25) is 9.59 Å². The Morgan fingerprint density at radius 2 is 1.85 bits per heavy atom. The van der Waals surface area contributed by atoms with Gasteiger partial charge in [0.2, 0.25) is 11.8 Å². The first-order valence-corrected chi connectivity index (χ1v) is 15.2. The lowest BCUT2D eigenvalue weighted by Crippen LogP contribution is -2.55. The number of fused-ring (bicyclic) bond motifs is 1. The zero-order valence-electron chi connectivity index (χ0n) is 27.1. The Bertz CT molecular complexity index is 1320. The number of aromatic amines is 1. The lowest BCUT2D eigenvalue weighted by molar-refractivity contribution is -0.149.